The van der Waals surface area contributed by atoms with E-state index in [1.54, 1.807) is 23.5 Å². The van der Waals surface area contributed by atoms with Gasteiger partial charge in [-0.05, 0) is 36.4 Å². The molecule has 2 heterocycles. The second kappa shape index (κ2) is 7.21. The van der Waals surface area contributed by atoms with Crippen molar-refractivity contribution in [3.8, 4) is 22.1 Å². The van der Waals surface area contributed by atoms with Crippen molar-refractivity contribution in [3.63, 3.8) is 0 Å². The molecule has 3 aromatic rings. The third-order valence-electron chi connectivity index (χ3n) is 3.89. The van der Waals surface area contributed by atoms with Crippen LogP contribution in [0.5, 0.6) is 11.5 Å². The van der Waals surface area contributed by atoms with Crippen molar-refractivity contribution >= 4 is 11.3 Å². The minimum absolute atomic E-state index is 0.0231. The molecule has 1 aromatic heterocycles. The number of nitrogens with zero attached hydrogens (tertiary/aromatic N) is 1. The van der Waals surface area contributed by atoms with Gasteiger partial charge in [-0.3, -0.25) is 0 Å². The van der Waals surface area contributed by atoms with Gasteiger partial charge in [0.2, 0.25) is 0 Å². The van der Waals surface area contributed by atoms with Gasteiger partial charge in [0.25, 0.3) is 0 Å². The highest BCUT2D eigenvalue weighted by atomic mass is 32.1. The molecule has 0 fully saturated rings. The zero-order chi connectivity index (χ0) is 17.1. The van der Waals surface area contributed by atoms with Crippen molar-refractivity contribution in [2.45, 2.75) is 12.6 Å². The highest BCUT2D eigenvalue weighted by molar-refractivity contribution is 7.13. The largest absolute Gasteiger partial charge is 0.486 e. The molecule has 25 heavy (non-hydrogen) atoms. The highest BCUT2D eigenvalue weighted by Gasteiger charge is 2.20. The van der Waals surface area contributed by atoms with Crippen LogP contribution in [0.2, 0.25) is 0 Å². The predicted molar refractivity (Wildman–Crippen MR) is 95.6 cm³/mol. The lowest BCUT2D eigenvalue weighted by molar-refractivity contribution is 0.0902. The molecular weight excluding hydrogens is 339 g/mol. The molecule has 0 spiro atoms. The van der Waals surface area contributed by atoms with Gasteiger partial charge in [-0.2, -0.15) is 0 Å². The van der Waals surface area contributed by atoms with Gasteiger partial charge in [-0.1, -0.05) is 12.1 Å². The number of para-hydroxylation sites is 2. The Hall–Kier alpha value is -2.44. The quantitative estimate of drug-likeness (QED) is 0.753. The summed E-state index contributed by atoms with van der Waals surface area (Å²) in [5.41, 5.74) is 1.89. The van der Waals surface area contributed by atoms with Gasteiger partial charge in [-0.15, -0.1) is 11.3 Å². The van der Waals surface area contributed by atoms with Crippen LogP contribution in [0, 0.1) is 5.82 Å². The Bertz CT molecular complexity index is 851. The number of nitrogens with one attached hydrogen (secondary N) is 1. The third kappa shape index (κ3) is 3.81. The second-order valence-electron chi connectivity index (χ2n) is 5.78. The Morgan fingerprint density at radius 1 is 1.12 bits per heavy atom. The van der Waals surface area contributed by atoms with Crippen LogP contribution in [0.1, 0.15) is 5.69 Å². The second-order valence-corrected chi connectivity index (χ2v) is 6.64. The number of hydrogen-bond acceptors (Lipinski definition) is 5. The van der Waals surface area contributed by atoms with Crippen LogP contribution < -0.4 is 14.8 Å². The first-order valence-electron chi connectivity index (χ1n) is 8.07. The molecule has 0 aliphatic carbocycles. The topological polar surface area (TPSA) is 43.4 Å². The van der Waals surface area contributed by atoms with Gasteiger partial charge in [0, 0.05) is 24.0 Å². The van der Waals surface area contributed by atoms with E-state index in [-0.39, 0.29) is 11.9 Å². The SMILES string of the molecule is Fc1ccc(-c2nc(CNCC3COc4ccccc4O3)cs2)cc1. The molecule has 128 valence electrons. The summed E-state index contributed by atoms with van der Waals surface area (Å²) in [6, 6.07) is 14.1. The van der Waals surface area contributed by atoms with Gasteiger partial charge in [-0.25, -0.2) is 9.37 Å². The van der Waals surface area contributed by atoms with E-state index in [1.807, 2.05) is 29.6 Å². The van der Waals surface area contributed by atoms with E-state index < -0.39 is 0 Å². The Balaban J connectivity index is 1.30. The zero-order valence-electron chi connectivity index (χ0n) is 13.4. The van der Waals surface area contributed by atoms with Crippen molar-refractivity contribution < 1.29 is 13.9 Å². The fraction of sp³-hybridized carbons (Fsp3) is 0.211. The van der Waals surface area contributed by atoms with Gasteiger partial charge < -0.3 is 14.8 Å². The molecule has 4 nitrogen and oxygen atoms in total. The molecule has 1 aliphatic heterocycles. The van der Waals surface area contributed by atoms with Crippen LogP contribution in [-0.4, -0.2) is 24.2 Å². The maximum Gasteiger partial charge on any atom is 0.161 e. The monoisotopic (exact) mass is 356 g/mol. The lowest BCUT2D eigenvalue weighted by Crippen LogP contribution is -2.38. The normalized spacial score (nSPS) is 16.0. The predicted octanol–water partition coefficient (Wildman–Crippen LogP) is 3.88. The first-order chi connectivity index (χ1) is 12.3. The number of ether oxygens (including phenoxy) is 2. The highest BCUT2D eigenvalue weighted by Crippen LogP contribution is 2.30. The number of rotatable bonds is 5. The van der Waals surface area contributed by atoms with E-state index in [1.165, 1.54) is 12.1 Å². The Morgan fingerprint density at radius 2 is 1.92 bits per heavy atom. The first-order valence-corrected chi connectivity index (χ1v) is 8.95. The van der Waals surface area contributed by atoms with E-state index >= 15 is 0 Å². The summed E-state index contributed by atoms with van der Waals surface area (Å²) in [7, 11) is 0. The molecule has 0 radical (unpaired) electrons. The third-order valence-corrected chi connectivity index (χ3v) is 4.83. The zero-order valence-corrected chi connectivity index (χ0v) is 14.3. The first kappa shape index (κ1) is 16.1. The van der Waals surface area contributed by atoms with Gasteiger partial charge in [0.1, 0.15) is 23.5 Å². The van der Waals surface area contributed by atoms with Gasteiger partial charge in [0.15, 0.2) is 11.5 Å². The molecule has 4 rings (SSSR count). The molecule has 1 aliphatic rings. The van der Waals surface area contributed by atoms with Crippen molar-refractivity contribution in [1.82, 2.24) is 10.3 Å². The standard InChI is InChI=1S/C19H17FN2O2S/c20-14-7-5-13(6-8-14)19-22-15(12-25-19)9-21-10-16-11-23-17-3-1-2-4-18(17)24-16/h1-8,12,16,21H,9-11H2. The van der Waals surface area contributed by atoms with Crippen molar-refractivity contribution in [1.29, 1.82) is 0 Å². The Morgan fingerprint density at radius 3 is 2.76 bits per heavy atom. The van der Waals surface area contributed by atoms with Crippen LogP contribution in [-0.2, 0) is 6.54 Å². The molecule has 1 N–H and O–H groups in total. The Kier molecular flexibility index (Phi) is 4.63. The minimum atomic E-state index is -0.238. The van der Waals surface area contributed by atoms with E-state index in [2.05, 4.69) is 10.3 Å². The summed E-state index contributed by atoms with van der Waals surface area (Å²) >= 11 is 1.56. The van der Waals surface area contributed by atoms with Crippen LogP contribution in [0.25, 0.3) is 10.6 Å². The van der Waals surface area contributed by atoms with Crippen LogP contribution in [0.3, 0.4) is 0 Å². The van der Waals surface area contributed by atoms with E-state index in [0.717, 1.165) is 27.8 Å². The molecule has 1 unspecified atom stereocenters. The summed E-state index contributed by atoms with van der Waals surface area (Å²) in [5, 5.41) is 6.26. The summed E-state index contributed by atoms with van der Waals surface area (Å²) in [5.74, 6) is 1.34. The maximum atomic E-state index is 13.0. The van der Waals surface area contributed by atoms with Crippen molar-refractivity contribution in [2.24, 2.45) is 0 Å². The molecule has 0 amide bonds. The average molecular weight is 356 g/mol. The Labute approximate surface area is 149 Å². The van der Waals surface area contributed by atoms with E-state index in [0.29, 0.717) is 19.7 Å². The number of benzene rings is 2. The van der Waals surface area contributed by atoms with Crippen LogP contribution in [0.15, 0.2) is 53.9 Å². The lowest BCUT2D eigenvalue weighted by atomic mass is 10.2. The number of thiazole rings is 1. The molecule has 0 bridgehead atoms. The molecule has 0 saturated carbocycles. The molecule has 1 atom stereocenters. The van der Waals surface area contributed by atoms with E-state index in [4.69, 9.17) is 9.47 Å². The number of fused-ring (bicyclic) bond motifs is 1. The van der Waals surface area contributed by atoms with Crippen LogP contribution >= 0.6 is 11.3 Å². The number of halogens is 1. The van der Waals surface area contributed by atoms with Crippen LogP contribution in [0.4, 0.5) is 4.39 Å². The lowest BCUT2D eigenvalue weighted by Gasteiger charge is -2.26. The maximum absolute atomic E-state index is 13.0. The van der Waals surface area contributed by atoms with E-state index in [9.17, 15) is 4.39 Å². The molecule has 2 aromatic carbocycles. The fourth-order valence-electron chi connectivity index (χ4n) is 2.64. The summed E-state index contributed by atoms with van der Waals surface area (Å²) < 4.78 is 24.6. The molecule has 6 heteroatoms. The minimum Gasteiger partial charge on any atom is -0.486 e. The number of hydrogen-bond donors (Lipinski definition) is 1. The smallest absolute Gasteiger partial charge is 0.161 e. The van der Waals surface area contributed by atoms with Gasteiger partial charge in [0.05, 0.1) is 5.69 Å². The summed E-state index contributed by atoms with van der Waals surface area (Å²) in [6.07, 6.45) is -0.0231. The summed E-state index contributed by atoms with van der Waals surface area (Å²) in [4.78, 5) is 4.59. The molecule has 0 saturated heterocycles. The molecular formula is C19H17FN2O2S. The summed E-state index contributed by atoms with van der Waals surface area (Å²) in [6.45, 7) is 1.86. The van der Waals surface area contributed by atoms with Crippen molar-refractivity contribution in [2.75, 3.05) is 13.2 Å². The fourth-order valence-corrected chi connectivity index (χ4v) is 3.46. The average Bonchev–Trinajstić information content (AvgIpc) is 3.11. The number of aromatic nitrogens is 1. The van der Waals surface area contributed by atoms with Crippen molar-refractivity contribution in [3.05, 3.63) is 65.4 Å². The van der Waals surface area contributed by atoms with Gasteiger partial charge >= 0.3 is 0 Å².